The fraction of sp³-hybridized carbons (Fsp3) is 0.480. The van der Waals surface area contributed by atoms with Gasteiger partial charge in [0, 0.05) is 30.2 Å². The van der Waals surface area contributed by atoms with E-state index in [1.165, 1.54) is 11.8 Å². The summed E-state index contributed by atoms with van der Waals surface area (Å²) in [5, 5.41) is 15.3. The number of fused-ring (bicyclic) bond motifs is 1. The number of aromatic amines is 1. The van der Waals surface area contributed by atoms with Crippen LogP contribution in [0, 0.1) is 0 Å². The van der Waals surface area contributed by atoms with E-state index in [0.29, 0.717) is 25.8 Å². The molecule has 0 spiro atoms. The van der Waals surface area contributed by atoms with Gasteiger partial charge >= 0.3 is 5.97 Å². The highest BCUT2D eigenvalue weighted by atomic mass is 16.4. The highest BCUT2D eigenvalue weighted by Crippen LogP contribution is 2.21. The van der Waals surface area contributed by atoms with Crippen molar-refractivity contribution in [2.45, 2.75) is 63.2 Å². The molecule has 2 heterocycles. The third kappa shape index (κ3) is 7.22. The number of aliphatic carboxylic acids is 1. The summed E-state index contributed by atoms with van der Waals surface area (Å²) in [6, 6.07) is 3.85. The number of nitrogens with zero attached hydrogens (tertiary/aromatic N) is 2. The Kier molecular flexibility index (Phi) is 9.66. The van der Waals surface area contributed by atoms with E-state index < -0.39 is 47.9 Å². The van der Waals surface area contributed by atoms with E-state index in [2.05, 4.69) is 20.6 Å². The number of para-hydroxylation sites is 1. The topological polar surface area (TPSA) is 222 Å². The Morgan fingerprint density at radius 1 is 1.21 bits per heavy atom. The molecule has 0 aliphatic carbocycles. The normalized spacial score (nSPS) is 17.4. The average Bonchev–Trinajstić information content (AvgIpc) is 3.53. The van der Waals surface area contributed by atoms with Crippen molar-refractivity contribution in [3.8, 4) is 0 Å². The van der Waals surface area contributed by atoms with E-state index >= 15 is 0 Å². The second-order valence-electron chi connectivity index (χ2n) is 9.44. The van der Waals surface area contributed by atoms with Gasteiger partial charge in [-0.05, 0) is 50.7 Å². The average molecular weight is 529 g/mol. The molecule has 1 aromatic heterocycles. The Labute approximate surface area is 220 Å². The van der Waals surface area contributed by atoms with Crippen LogP contribution in [0.4, 0.5) is 0 Å². The molecule has 4 atom stereocenters. The highest BCUT2D eigenvalue weighted by molar-refractivity contribution is 5.94. The quantitative estimate of drug-likeness (QED) is 0.104. The number of likely N-dealkylation sites (tertiary alicyclic amines) is 1. The van der Waals surface area contributed by atoms with Gasteiger partial charge in [-0.15, -0.1) is 0 Å². The number of nitrogens with one attached hydrogen (secondary N) is 3. The highest BCUT2D eigenvalue weighted by Gasteiger charge is 2.38. The minimum absolute atomic E-state index is 0.0820. The van der Waals surface area contributed by atoms with Crippen molar-refractivity contribution in [2.75, 3.05) is 13.1 Å². The zero-order valence-electron chi connectivity index (χ0n) is 21.4. The first-order chi connectivity index (χ1) is 18.1. The van der Waals surface area contributed by atoms with E-state index in [9.17, 15) is 19.2 Å². The van der Waals surface area contributed by atoms with Gasteiger partial charge in [-0.1, -0.05) is 18.2 Å². The number of nitrogens with two attached hydrogens (primary N) is 3. The van der Waals surface area contributed by atoms with Gasteiger partial charge in [0.1, 0.15) is 18.1 Å². The number of rotatable bonds is 12. The van der Waals surface area contributed by atoms with Crippen molar-refractivity contribution in [3.63, 3.8) is 0 Å². The van der Waals surface area contributed by atoms with E-state index in [4.69, 9.17) is 22.3 Å². The van der Waals surface area contributed by atoms with Crippen LogP contribution in [-0.4, -0.2) is 81.9 Å². The van der Waals surface area contributed by atoms with Gasteiger partial charge in [-0.25, -0.2) is 0 Å². The molecule has 4 unspecified atom stereocenters. The van der Waals surface area contributed by atoms with Gasteiger partial charge in [-0.3, -0.25) is 24.2 Å². The van der Waals surface area contributed by atoms with Crippen molar-refractivity contribution in [3.05, 3.63) is 36.0 Å². The van der Waals surface area contributed by atoms with Crippen molar-refractivity contribution in [2.24, 2.45) is 22.2 Å². The minimum Gasteiger partial charge on any atom is -0.480 e. The number of guanidine groups is 1. The number of carbonyl (C=O) groups is 4. The number of hydrogen-bond donors (Lipinski definition) is 7. The number of carboxylic acids is 1. The van der Waals surface area contributed by atoms with Crippen LogP contribution in [0.3, 0.4) is 0 Å². The van der Waals surface area contributed by atoms with Crippen molar-refractivity contribution < 1.29 is 24.3 Å². The molecule has 0 bridgehead atoms. The summed E-state index contributed by atoms with van der Waals surface area (Å²) in [6.45, 7) is 1.91. The van der Waals surface area contributed by atoms with Crippen molar-refractivity contribution >= 4 is 40.6 Å². The van der Waals surface area contributed by atoms with E-state index in [1.807, 2.05) is 24.3 Å². The fourth-order valence-corrected chi connectivity index (χ4v) is 4.54. The molecule has 1 aliphatic rings. The first-order valence-corrected chi connectivity index (χ1v) is 12.6. The predicted octanol–water partition coefficient (Wildman–Crippen LogP) is -0.844. The van der Waals surface area contributed by atoms with E-state index in [1.54, 1.807) is 6.20 Å². The Hall–Kier alpha value is -4.13. The van der Waals surface area contributed by atoms with Crippen LogP contribution in [0.15, 0.2) is 35.5 Å². The van der Waals surface area contributed by atoms with Gasteiger partial charge in [0.15, 0.2) is 5.96 Å². The SMILES string of the molecule is CC(NC(=O)C1CCCN1C(=O)C(CCCN=C(N)N)NC(=O)C(N)Cc1c[nH]c2ccccc12)C(=O)O. The van der Waals surface area contributed by atoms with Gasteiger partial charge in [0.05, 0.1) is 6.04 Å². The number of aromatic nitrogens is 1. The third-order valence-electron chi connectivity index (χ3n) is 6.58. The molecule has 0 radical (unpaired) electrons. The second kappa shape index (κ2) is 12.9. The number of benzene rings is 1. The summed E-state index contributed by atoms with van der Waals surface area (Å²) in [5.74, 6) is -2.75. The number of carboxylic acid groups (broad SMARTS) is 1. The van der Waals surface area contributed by atoms with Crippen LogP contribution in [0.5, 0.6) is 0 Å². The van der Waals surface area contributed by atoms with Crippen LogP contribution in [0.25, 0.3) is 10.9 Å². The monoisotopic (exact) mass is 528 g/mol. The van der Waals surface area contributed by atoms with Gasteiger partial charge in [-0.2, -0.15) is 0 Å². The zero-order chi connectivity index (χ0) is 27.8. The summed E-state index contributed by atoms with van der Waals surface area (Å²) in [7, 11) is 0. The molecule has 0 saturated carbocycles. The molecule has 1 aliphatic heterocycles. The second-order valence-corrected chi connectivity index (χ2v) is 9.44. The van der Waals surface area contributed by atoms with Gasteiger partial charge in [0.25, 0.3) is 0 Å². The maximum atomic E-state index is 13.5. The largest absolute Gasteiger partial charge is 0.480 e. The van der Waals surface area contributed by atoms with Crippen LogP contribution in [0.1, 0.15) is 38.2 Å². The molecule has 3 rings (SSSR count). The lowest BCUT2D eigenvalue weighted by Crippen LogP contribution is -2.56. The molecule has 13 heteroatoms. The number of amides is 3. The van der Waals surface area contributed by atoms with Crippen LogP contribution in [-0.2, 0) is 25.6 Å². The number of aliphatic imine (C=N–C) groups is 1. The van der Waals surface area contributed by atoms with E-state index in [-0.39, 0.29) is 25.3 Å². The molecule has 1 aromatic carbocycles. The molecule has 1 saturated heterocycles. The molecular weight excluding hydrogens is 492 g/mol. The molecule has 13 nitrogen and oxygen atoms in total. The number of hydrogen-bond acceptors (Lipinski definition) is 6. The molecule has 2 aromatic rings. The Balaban J connectivity index is 1.71. The Morgan fingerprint density at radius 2 is 1.95 bits per heavy atom. The lowest BCUT2D eigenvalue weighted by atomic mass is 10.0. The van der Waals surface area contributed by atoms with Gasteiger partial charge in [0.2, 0.25) is 17.7 Å². The first kappa shape index (κ1) is 28.4. The maximum Gasteiger partial charge on any atom is 0.325 e. The standard InChI is InChI=1S/C25H36N8O5/c1-14(24(37)38)31-22(35)20-9-5-11-33(20)23(36)19(8-4-10-29-25(27)28)32-21(34)17(26)12-15-13-30-18-7-3-2-6-16(15)18/h2-3,6-7,13-14,17,19-20,30H,4-5,8-12,26H2,1H3,(H,31,35)(H,32,34)(H,37,38)(H4,27,28,29). The van der Waals surface area contributed by atoms with E-state index in [0.717, 1.165) is 16.5 Å². The third-order valence-corrected chi connectivity index (χ3v) is 6.58. The summed E-state index contributed by atoms with van der Waals surface area (Å²) in [5.41, 5.74) is 18.8. The molecule has 206 valence electrons. The van der Waals surface area contributed by atoms with Crippen molar-refractivity contribution in [1.82, 2.24) is 20.5 Å². The molecule has 38 heavy (non-hydrogen) atoms. The minimum atomic E-state index is -1.18. The van der Waals surface area contributed by atoms with Crippen LogP contribution in [0.2, 0.25) is 0 Å². The number of carbonyl (C=O) groups excluding carboxylic acids is 3. The number of H-pyrrole nitrogens is 1. The molecule has 1 fully saturated rings. The smallest absolute Gasteiger partial charge is 0.325 e. The van der Waals surface area contributed by atoms with Crippen LogP contribution < -0.4 is 27.8 Å². The summed E-state index contributed by atoms with van der Waals surface area (Å²) >= 11 is 0. The molecular formula is C25H36N8O5. The van der Waals surface area contributed by atoms with Crippen LogP contribution >= 0.6 is 0 Å². The Morgan fingerprint density at radius 3 is 2.66 bits per heavy atom. The zero-order valence-corrected chi connectivity index (χ0v) is 21.4. The predicted molar refractivity (Wildman–Crippen MR) is 142 cm³/mol. The Bertz CT molecular complexity index is 1190. The summed E-state index contributed by atoms with van der Waals surface area (Å²) in [4.78, 5) is 59.0. The molecule has 10 N–H and O–H groups in total. The van der Waals surface area contributed by atoms with Gasteiger partial charge < -0.3 is 42.8 Å². The maximum absolute atomic E-state index is 13.5. The fourth-order valence-electron chi connectivity index (χ4n) is 4.54. The summed E-state index contributed by atoms with van der Waals surface area (Å²) < 4.78 is 0. The molecule has 3 amide bonds. The van der Waals surface area contributed by atoms with Crippen molar-refractivity contribution in [1.29, 1.82) is 0 Å². The first-order valence-electron chi connectivity index (χ1n) is 12.6. The lowest BCUT2D eigenvalue weighted by Gasteiger charge is -2.29. The lowest BCUT2D eigenvalue weighted by molar-refractivity contribution is -0.144. The summed E-state index contributed by atoms with van der Waals surface area (Å²) in [6.07, 6.45) is 3.64.